The van der Waals surface area contributed by atoms with E-state index in [2.05, 4.69) is 76.1 Å². The van der Waals surface area contributed by atoms with Gasteiger partial charge in [-0.1, -0.05) is 77.9 Å². The van der Waals surface area contributed by atoms with Crippen molar-refractivity contribution in [3.63, 3.8) is 0 Å². The van der Waals surface area contributed by atoms with Crippen molar-refractivity contribution < 1.29 is 62.7 Å². The van der Waals surface area contributed by atoms with E-state index in [0.717, 1.165) is 65.4 Å². The van der Waals surface area contributed by atoms with Crippen molar-refractivity contribution in [2.75, 3.05) is 34.0 Å². The molecule has 0 aliphatic carbocycles. The predicted octanol–water partition coefficient (Wildman–Crippen LogP) is 12.3. The lowest BCUT2D eigenvalue weighted by Gasteiger charge is -2.33. The summed E-state index contributed by atoms with van der Waals surface area (Å²) >= 11 is 0. The molecule has 9 rings (SSSR count). The highest BCUT2D eigenvalue weighted by atomic mass is 16.5. The molecule has 75 heavy (non-hydrogen) atoms. The minimum absolute atomic E-state index is 0.0228. The molecule has 13 nitrogen and oxygen atoms in total. The lowest BCUT2D eigenvalue weighted by Crippen LogP contribution is -2.27. The molecule has 0 spiro atoms. The fourth-order valence-corrected chi connectivity index (χ4v) is 8.93. The van der Waals surface area contributed by atoms with Crippen molar-refractivity contribution in [3.8, 4) is 17.2 Å². The van der Waals surface area contributed by atoms with Crippen molar-refractivity contribution in [1.29, 1.82) is 0 Å². The number of ether oxygens (including phenoxy) is 5. The predicted molar refractivity (Wildman–Crippen MR) is 286 cm³/mol. The summed E-state index contributed by atoms with van der Waals surface area (Å²) in [5.74, 6) is -0.273. The van der Waals surface area contributed by atoms with E-state index < -0.39 is 23.9 Å². The van der Waals surface area contributed by atoms with Crippen molar-refractivity contribution in [2.24, 2.45) is 0 Å². The number of ketones is 2. The van der Waals surface area contributed by atoms with Crippen molar-refractivity contribution in [1.82, 2.24) is 0 Å². The number of fused-ring (bicyclic) bond motifs is 3. The molecule has 3 aliphatic rings. The van der Waals surface area contributed by atoms with Crippen LogP contribution in [-0.4, -0.2) is 79.7 Å². The highest BCUT2D eigenvalue weighted by Crippen LogP contribution is 2.42. The zero-order valence-corrected chi connectivity index (χ0v) is 44.6. The lowest BCUT2D eigenvalue weighted by atomic mass is 9.78. The molecule has 2 N–H and O–H groups in total. The zero-order valence-electron chi connectivity index (χ0n) is 44.6. The minimum Gasteiger partial charge on any atom is -0.493 e. The van der Waals surface area contributed by atoms with Gasteiger partial charge in [-0.3, -0.25) is 9.59 Å². The van der Waals surface area contributed by atoms with E-state index in [0.29, 0.717) is 46.6 Å². The number of carboxylic acids is 2. The van der Waals surface area contributed by atoms with E-state index in [1.165, 1.54) is 61.7 Å². The van der Waals surface area contributed by atoms with Gasteiger partial charge in [-0.25, -0.2) is 19.2 Å². The first kappa shape index (κ1) is 56.2. The topological polar surface area (TPSA) is 189 Å². The Morgan fingerprint density at radius 2 is 0.720 bits per heavy atom. The monoisotopic (exact) mass is 1020 g/mol. The minimum atomic E-state index is -1.02. The van der Waals surface area contributed by atoms with Crippen LogP contribution in [0.3, 0.4) is 0 Å². The number of carbonyl (C=O) groups excluding carboxylic acids is 4. The van der Waals surface area contributed by atoms with E-state index in [1.54, 1.807) is 36.4 Å². The maximum absolute atomic E-state index is 13.0. The first-order valence-electron chi connectivity index (χ1n) is 24.7. The number of hydrogen-bond donors (Lipinski definition) is 2. The van der Waals surface area contributed by atoms with Gasteiger partial charge < -0.3 is 33.9 Å². The molecule has 0 unspecified atom stereocenters. The molecule has 0 saturated heterocycles. The van der Waals surface area contributed by atoms with Crippen LogP contribution in [0.4, 0.5) is 0 Å². The summed E-state index contributed by atoms with van der Waals surface area (Å²) in [5.41, 5.74) is 10.1. The number of aryl methyl sites for hydroxylation is 3. The smallest absolute Gasteiger partial charge is 0.337 e. The van der Waals surface area contributed by atoms with Gasteiger partial charge in [-0.2, -0.15) is 0 Å². The van der Waals surface area contributed by atoms with Gasteiger partial charge in [-0.05, 0) is 157 Å². The van der Waals surface area contributed by atoms with Crippen LogP contribution >= 0.6 is 0 Å². The Morgan fingerprint density at radius 3 is 1.05 bits per heavy atom. The molecule has 0 amide bonds. The molecule has 0 fully saturated rings. The molecule has 0 bridgehead atoms. The Bertz CT molecular complexity index is 3110. The fraction of sp³-hybridized carbons (Fsp3) is 0.323. The van der Waals surface area contributed by atoms with E-state index in [-0.39, 0.29) is 38.9 Å². The van der Waals surface area contributed by atoms with Gasteiger partial charge in [-0.15, -0.1) is 0 Å². The van der Waals surface area contributed by atoms with Gasteiger partial charge in [0.2, 0.25) is 0 Å². The molecule has 3 aliphatic heterocycles. The lowest BCUT2D eigenvalue weighted by molar-refractivity contribution is 0.0591. The van der Waals surface area contributed by atoms with Crippen molar-refractivity contribution in [3.05, 3.63) is 193 Å². The largest absolute Gasteiger partial charge is 0.493 e. The van der Waals surface area contributed by atoms with Crippen LogP contribution in [0.15, 0.2) is 115 Å². The maximum atomic E-state index is 13.0. The molecule has 0 atom stereocenters. The third-order valence-electron chi connectivity index (χ3n) is 13.9. The second-order valence-electron chi connectivity index (χ2n) is 20.8. The number of benzene rings is 6. The number of methoxy groups -OCH3 is 2. The third-order valence-corrected chi connectivity index (χ3v) is 13.9. The Kier molecular flexibility index (Phi) is 17.6. The average Bonchev–Trinajstić information content (AvgIpc) is 3.37. The van der Waals surface area contributed by atoms with Gasteiger partial charge in [0.1, 0.15) is 17.2 Å². The summed E-state index contributed by atoms with van der Waals surface area (Å²) in [6, 6.07) is 32.4. The number of rotatable bonds is 8. The molecule has 392 valence electrons. The quantitative estimate of drug-likeness (QED) is 0.108. The van der Waals surface area contributed by atoms with Gasteiger partial charge in [0.15, 0.2) is 11.6 Å². The first-order chi connectivity index (χ1) is 35.4. The Labute approximate surface area is 438 Å². The second kappa shape index (κ2) is 23.4. The number of hydrogen-bond acceptors (Lipinski definition) is 11. The first-order valence-corrected chi connectivity index (χ1v) is 24.7. The average molecular weight is 1020 g/mol. The van der Waals surface area contributed by atoms with Crippen LogP contribution in [0.5, 0.6) is 17.2 Å². The van der Waals surface area contributed by atoms with Crippen LogP contribution in [0.1, 0.15) is 167 Å². The number of carboxylic acid groups (broad SMARTS) is 2. The van der Waals surface area contributed by atoms with E-state index >= 15 is 0 Å². The molecule has 13 heteroatoms. The third kappa shape index (κ3) is 13.4. The summed E-state index contributed by atoms with van der Waals surface area (Å²) in [6.07, 6.45) is 2.94. The second-order valence-corrected chi connectivity index (χ2v) is 20.8. The van der Waals surface area contributed by atoms with Crippen LogP contribution in [0.2, 0.25) is 0 Å². The van der Waals surface area contributed by atoms with Gasteiger partial charge in [0.05, 0.1) is 56.3 Å². The molecule has 3 heterocycles. The number of aromatic carboxylic acids is 2. The summed E-state index contributed by atoms with van der Waals surface area (Å²) < 4.78 is 26.3. The van der Waals surface area contributed by atoms with Crippen LogP contribution in [0.25, 0.3) is 0 Å². The highest BCUT2D eigenvalue weighted by molar-refractivity contribution is 6.11. The number of esters is 2. The van der Waals surface area contributed by atoms with Gasteiger partial charge in [0, 0.05) is 33.4 Å². The van der Waals surface area contributed by atoms with Gasteiger partial charge >= 0.3 is 23.9 Å². The maximum Gasteiger partial charge on any atom is 0.337 e. The summed E-state index contributed by atoms with van der Waals surface area (Å²) in [6.45, 7) is 21.4. The molecule has 0 radical (unpaired) electrons. The molecule has 0 aromatic heterocycles. The van der Waals surface area contributed by atoms with Crippen LogP contribution in [0, 0.1) is 20.8 Å². The highest BCUT2D eigenvalue weighted by Gasteiger charge is 2.32. The molecule has 6 aromatic carbocycles. The van der Waals surface area contributed by atoms with Crippen LogP contribution < -0.4 is 14.2 Å². The SMILES string of the molecule is COC(=O)c1ccc(C(=O)O)cc1.COC(=O)c1ccc(C(=O)c2cc3c(cc2C)OCCC3(C)C)cc1.Cc1cc2c(cc1C(=O)c1ccc(C(=O)O)cc1)C(C)(C)CCO2.Cc1ccc2c(c1)OCCC2(C)C. The molecule has 0 saturated carbocycles. The Morgan fingerprint density at radius 1 is 0.413 bits per heavy atom. The Balaban J connectivity index is 0.000000170. The van der Waals surface area contributed by atoms with E-state index in [1.807, 2.05) is 38.1 Å². The molecular formula is C62H66O13. The van der Waals surface area contributed by atoms with Gasteiger partial charge in [0.25, 0.3) is 0 Å². The fourth-order valence-electron chi connectivity index (χ4n) is 8.93. The summed E-state index contributed by atoms with van der Waals surface area (Å²) in [5, 5.41) is 17.5. The van der Waals surface area contributed by atoms with Crippen molar-refractivity contribution in [2.45, 2.75) is 97.8 Å². The summed E-state index contributed by atoms with van der Waals surface area (Å²) in [4.78, 5) is 69.6. The molecular weight excluding hydrogens is 953 g/mol. The normalized spacial score (nSPS) is 14.8. The zero-order chi connectivity index (χ0) is 55.0. The van der Waals surface area contributed by atoms with E-state index in [9.17, 15) is 28.8 Å². The van der Waals surface area contributed by atoms with E-state index in [4.69, 9.17) is 24.4 Å². The van der Waals surface area contributed by atoms with Crippen LogP contribution in [-0.2, 0) is 25.7 Å². The summed E-state index contributed by atoms with van der Waals surface area (Å²) in [7, 11) is 2.61. The molecule has 6 aromatic rings. The van der Waals surface area contributed by atoms with Crippen molar-refractivity contribution >= 4 is 35.4 Å². The number of carbonyl (C=O) groups is 6. The standard InChI is InChI=1S/C21H22O4.C20H20O4.C12H16O.C9H8O4/c1-13-11-18-17(21(2,3)9-10-25-18)12-16(13)19(22)14-5-7-15(8-6-14)20(23)24-4;1-12-10-17-16(20(2,3)8-9-24-17)11-15(12)18(21)13-4-6-14(7-5-13)19(22)23;1-9-4-5-10-11(8-9)13-7-6-12(10,2)3;1-13-9(12)7-4-2-6(3-5-7)8(10)11/h5-8,11-12H,9-10H2,1-4H3;4-7,10-11H,8-9H2,1-3H3,(H,22,23);4-5,8H,6-7H2,1-3H3;2-5H,1H3,(H,10,11). The Hall–Kier alpha value is -8.06.